The lowest BCUT2D eigenvalue weighted by Crippen LogP contribution is -2.26. The molecule has 3 heteroatoms. The molecule has 2 nitrogen and oxygen atoms in total. The lowest BCUT2D eigenvalue weighted by Gasteiger charge is -2.16. The number of aryl methyl sites for hydroxylation is 1. The van der Waals surface area contributed by atoms with E-state index in [1.54, 1.807) is 11.3 Å². The van der Waals surface area contributed by atoms with Crippen molar-refractivity contribution in [2.24, 2.45) is 11.8 Å². The Morgan fingerprint density at radius 1 is 1.31 bits per heavy atom. The quantitative estimate of drug-likeness (QED) is 0.739. The summed E-state index contributed by atoms with van der Waals surface area (Å²) in [5.41, 5.74) is 1.09. The molecule has 0 radical (unpaired) electrons. The Kier molecular flexibility index (Phi) is 3.17. The zero-order chi connectivity index (χ0) is 11.9. The van der Waals surface area contributed by atoms with Gasteiger partial charge in [0, 0.05) is 0 Å². The van der Waals surface area contributed by atoms with E-state index in [-0.39, 0.29) is 23.9 Å². The van der Waals surface area contributed by atoms with Gasteiger partial charge in [-0.25, -0.2) is 0 Å². The summed E-state index contributed by atoms with van der Waals surface area (Å²) in [5, 5.41) is 1.98. The number of Topliss-reactive ketones (excluding diaryl/α,β-unsaturated/α-hetero) is 1. The minimum absolute atomic E-state index is 0.0207. The van der Waals surface area contributed by atoms with Crippen LogP contribution >= 0.6 is 11.3 Å². The summed E-state index contributed by atoms with van der Waals surface area (Å²) in [5.74, 6) is 0.591. The van der Waals surface area contributed by atoms with Crippen molar-refractivity contribution in [2.75, 3.05) is 0 Å². The smallest absolute Gasteiger partial charge is 0.179 e. The van der Waals surface area contributed by atoms with Crippen molar-refractivity contribution < 1.29 is 9.53 Å². The fraction of sp³-hybridized carbons (Fsp3) is 0.615. The van der Waals surface area contributed by atoms with Crippen molar-refractivity contribution >= 4 is 17.1 Å². The fourth-order valence-corrected chi connectivity index (χ4v) is 3.41. The lowest BCUT2D eigenvalue weighted by atomic mass is 9.85. The molecule has 0 aliphatic carbocycles. The van der Waals surface area contributed by atoms with E-state index in [1.165, 1.54) is 0 Å². The average molecular weight is 238 g/mol. The highest BCUT2D eigenvalue weighted by Crippen LogP contribution is 2.36. The van der Waals surface area contributed by atoms with Crippen LogP contribution in [0.2, 0.25) is 0 Å². The molecule has 1 fully saturated rings. The molecule has 1 aliphatic rings. The van der Waals surface area contributed by atoms with Crippen molar-refractivity contribution in [1.82, 2.24) is 0 Å². The van der Waals surface area contributed by atoms with Crippen molar-refractivity contribution in [1.29, 1.82) is 0 Å². The number of ether oxygens (including phenoxy) is 1. The van der Waals surface area contributed by atoms with Crippen LogP contribution in [0.4, 0.5) is 0 Å². The SMILES string of the molecule is Cc1ccsc1C(=O)C1C(C)OC(C)C1C. The molecule has 0 saturated carbocycles. The third kappa shape index (κ3) is 1.82. The largest absolute Gasteiger partial charge is 0.374 e. The van der Waals surface area contributed by atoms with Crippen LogP contribution in [0.1, 0.15) is 36.0 Å². The summed E-state index contributed by atoms with van der Waals surface area (Å²) in [6.07, 6.45) is 0.225. The van der Waals surface area contributed by atoms with Crippen LogP contribution in [0.15, 0.2) is 11.4 Å². The van der Waals surface area contributed by atoms with Gasteiger partial charge in [-0.2, -0.15) is 0 Å². The van der Waals surface area contributed by atoms with Gasteiger partial charge in [0.1, 0.15) is 0 Å². The van der Waals surface area contributed by atoms with Crippen LogP contribution in [0.25, 0.3) is 0 Å². The number of rotatable bonds is 2. The molecule has 2 heterocycles. The van der Waals surface area contributed by atoms with E-state index in [9.17, 15) is 4.79 Å². The number of hydrogen-bond acceptors (Lipinski definition) is 3. The molecule has 1 saturated heterocycles. The Labute approximate surface area is 101 Å². The van der Waals surface area contributed by atoms with E-state index in [0.29, 0.717) is 5.92 Å². The standard InChI is InChI=1S/C13H18O2S/c1-7-5-6-16-13(7)12(14)11-8(2)9(3)15-10(11)4/h5-6,8-11H,1-4H3. The molecule has 1 aromatic heterocycles. The molecule has 88 valence electrons. The van der Waals surface area contributed by atoms with Gasteiger partial charge in [0.15, 0.2) is 5.78 Å². The number of carbonyl (C=O) groups is 1. The van der Waals surface area contributed by atoms with Crippen LogP contribution in [0, 0.1) is 18.8 Å². The minimum Gasteiger partial charge on any atom is -0.374 e. The van der Waals surface area contributed by atoms with E-state index in [0.717, 1.165) is 10.4 Å². The first kappa shape index (κ1) is 11.8. The van der Waals surface area contributed by atoms with Crippen molar-refractivity contribution in [3.8, 4) is 0 Å². The van der Waals surface area contributed by atoms with Gasteiger partial charge in [-0.15, -0.1) is 11.3 Å². The zero-order valence-electron chi connectivity index (χ0n) is 10.2. The number of ketones is 1. The lowest BCUT2D eigenvalue weighted by molar-refractivity contribution is 0.0492. The summed E-state index contributed by atoms with van der Waals surface area (Å²) in [7, 11) is 0. The molecule has 0 aromatic carbocycles. The predicted molar refractivity (Wildman–Crippen MR) is 66.0 cm³/mol. The normalized spacial score (nSPS) is 34.2. The Bertz CT molecular complexity index is 396. The van der Waals surface area contributed by atoms with E-state index in [4.69, 9.17) is 4.74 Å². The molecular weight excluding hydrogens is 220 g/mol. The Morgan fingerprint density at radius 3 is 2.44 bits per heavy atom. The number of carbonyl (C=O) groups excluding carboxylic acids is 1. The maximum absolute atomic E-state index is 12.4. The molecule has 2 rings (SSSR count). The summed E-state index contributed by atoms with van der Waals surface area (Å²) in [6.45, 7) is 8.17. The van der Waals surface area contributed by atoms with Crippen molar-refractivity contribution in [3.05, 3.63) is 21.9 Å². The summed E-state index contributed by atoms with van der Waals surface area (Å²) < 4.78 is 5.73. The third-order valence-electron chi connectivity index (χ3n) is 3.63. The van der Waals surface area contributed by atoms with E-state index in [2.05, 4.69) is 13.8 Å². The molecular formula is C13H18O2S. The molecule has 0 N–H and O–H groups in total. The van der Waals surface area contributed by atoms with Gasteiger partial charge in [-0.3, -0.25) is 4.79 Å². The topological polar surface area (TPSA) is 26.3 Å². The number of hydrogen-bond donors (Lipinski definition) is 0. The molecule has 0 bridgehead atoms. The zero-order valence-corrected chi connectivity index (χ0v) is 11.0. The summed E-state index contributed by atoms with van der Waals surface area (Å²) in [6, 6.07) is 2.01. The van der Waals surface area contributed by atoms with Gasteiger partial charge < -0.3 is 4.74 Å². The van der Waals surface area contributed by atoms with Crippen LogP contribution < -0.4 is 0 Å². The summed E-state index contributed by atoms with van der Waals surface area (Å²) in [4.78, 5) is 13.3. The van der Waals surface area contributed by atoms with E-state index in [1.807, 2.05) is 25.3 Å². The second-order valence-corrected chi connectivity index (χ2v) is 5.64. The van der Waals surface area contributed by atoms with Gasteiger partial charge in [-0.05, 0) is 43.7 Å². The van der Waals surface area contributed by atoms with Crippen LogP contribution in [0.5, 0.6) is 0 Å². The highest BCUT2D eigenvalue weighted by molar-refractivity contribution is 7.12. The van der Waals surface area contributed by atoms with Crippen LogP contribution in [-0.2, 0) is 4.74 Å². The fourth-order valence-electron chi connectivity index (χ4n) is 2.50. The second-order valence-electron chi connectivity index (χ2n) is 4.73. The Balaban J connectivity index is 2.26. The maximum Gasteiger partial charge on any atom is 0.179 e. The molecule has 1 aromatic rings. The third-order valence-corrected chi connectivity index (χ3v) is 4.66. The van der Waals surface area contributed by atoms with Gasteiger partial charge in [-0.1, -0.05) is 6.92 Å². The molecule has 4 unspecified atom stereocenters. The van der Waals surface area contributed by atoms with Crippen LogP contribution in [0.3, 0.4) is 0 Å². The molecule has 0 spiro atoms. The van der Waals surface area contributed by atoms with Gasteiger partial charge in [0.2, 0.25) is 0 Å². The summed E-state index contributed by atoms with van der Waals surface area (Å²) >= 11 is 1.54. The number of thiophene rings is 1. The van der Waals surface area contributed by atoms with Crippen LogP contribution in [-0.4, -0.2) is 18.0 Å². The second kappa shape index (κ2) is 4.30. The monoisotopic (exact) mass is 238 g/mol. The first-order valence-corrected chi connectivity index (χ1v) is 6.64. The van der Waals surface area contributed by atoms with Gasteiger partial charge >= 0.3 is 0 Å². The van der Waals surface area contributed by atoms with Gasteiger partial charge in [0.25, 0.3) is 0 Å². The first-order valence-electron chi connectivity index (χ1n) is 5.76. The van der Waals surface area contributed by atoms with E-state index < -0.39 is 0 Å². The molecule has 1 aliphatic heterocycles. The average Bonchev–Trinajstić information content (AvgIpc) is 2.73. The molecule has 0 amide bonds. The minimum atomic E-state index is 0.0207. The van der Waals surface area contributed by atoms with Gasteiger partial charge in [0.05, 0.1) is 23.0 Å². The molecule has 4 atom stereocenters. The highest BCUT2D eigenvalue weighted by atomic mass is 32.1. The predicted octanol–water partition coefficient (Wildman–Crippen LogP) is 3.30. The van der Waals surface area contributed by atoms with Crippen molar-refractivity contribution in [3.63, 3.8) is 0 Å². The maximum atomic E-state index is 12.4. The molecule has 16 heavy (non-hydrogen) atoms. The highest BCUT2D eigenvalue weighted by Gasteiger charge is 2.42. The Hall–Kier alpha value is -0.670. The van der Waals surface area contributed by atoms with E-state index >= 15 is 0 Å². The first-order chi connectivity index (χ1) is 7.52. The Morgan fingerprint density at radius 2 is 2.00 bits per heavy atom. The van der Waals surface area contributed by atoms with Crippen molar-refractivity contribution in [2.45, 2.75) is 39.9 Å².